The van der Waals surface area contributed by atoms with Gasteiger partial charge in [0.05, 0.1) is 37.4 Å². The van der Waals surface area contributed by atoms with Gasteiger partial charge in [0.25, 0.3) is 5.69 Å². The lowest BCUT2D eigenvalue weighted by atomic mass is 10.1. The molecule has 1 rings (SSSR count). The van der Waals surface area contributed by atoms with Gasteiger partial charge in [-0.1, -0.05) is 26.2 Å². The van der Waals surface area contributed by atoms with Crippen LogP contribution in [0.4, 0.5) is 5.69 Å². The minimum absolute atomic E-state index is 0.0267. The van der Waals surface area contributed by atoms with Gasteiger partial charge in [-0.15, -0.1) is 0 Å². The first-order valence-electron chi connectivity index (χ1n) is 6.74. The van der Waals surface area contributed by atoms with Crippen LogP contribution >= 0.6 is 15.9 Å². The van der Waals surface area contributed by atoms with E-state index < -0.39 is 11.0 Å². The predicted octanol–water partition coefficient (Wildman–Crippen LogP) is 4.05. The molecule has 1 aromatic carbocycles. The van der Waals surface area contributed by atoms with Crippen molar-refractivity contribution < 1.29 is 14.4 Å². The molecule has 0 aliphatic carbocycles. The highest BCUT2D eigenvalue weighted by molar-refractivity contribution is 9.10. The van der Waals surface area contributed by atoms with Crippen LogP contribution < -0.4 is 0 Å². The summed E-state index contributed by atoms with van der Waals surface area (Å²) in [5, 5.41) is 18.0. The maximum absolute atomic E-state index is 11.1. The van der Waals surface area contributed by atoms with Gasteiger partial charge in [0.15, 0.2) is 0 Å². The SMILES string of the molecule is [N-]=[N+]=NCCOCCOCC(N=[N+]=[N-])c1cc(Br)ccc1[N+](=O)[O-]. The second kappa shape index (κ2) is 11.2. The van der Waals surface area contributed by atoms with Crippen LogP contribution in [0.2, 0.25) is 0 Å². The molecule has 0 N–H and O–H groups in total. The largest absolute Gasteiger partial charge is 0.379 e. The van der Waals surface area contributed by atoms with Crippen molar-refractivity contribution in [2.24, 2.45) is 10.2 Å². The highest BCUT2D eigenvalue weighted by Gasteiger charge is 2.22. The lowest BCUT2D eigenvalue weighted by Gasteiger charge is -2.13. The van der Waals surface area contributed by atoms with E-state index in [0.29, 0.717) is 4.47 Å². The third-order valence-electron chi connectivity index (χ3n) is 2.78. The third-order valence-corrected chi connectivity index (χ3v) is 3.28. The smallest absolute Gasteiger partial charge is 0.273 e. The van der Waals surface area contributed by atoms with Gasteiger partial charge in [-0.3, -0.25) is 10.1 Å². The van der Waals surface area contributed by atoms with Gasteiger partial charge in [0.2, 0.25) is 0 Å². The van der Waals surface area contributed by atoms with Crippen molar-refractivity contribution in [1.82, 2.24) is 0 Å². The second-order valence-electron chi connectivity index (χ2n) is 4.32. The van der Waals surface area contributed by atoms with Crippen LogP contribution in [0, 0.1) is 10.1 Å². The first kappa shape index (κ1) is 19.7. The average molecular weight is 400 g/mol. The normalized spacial score (nSPS) is 11.2. The molecule has 0 aliphatic heterocycles. The fourth-order valence-electron chi connectivity index (χ4n) is 1.77. The summed E-state index contributed by atoms with van der Waals surface area (Å²) in [5.74, 6) is 0. The maximum Gasteiger partial charge on any atom is 0.273 e. The van der Waals surface area contributed by atoms with E-state index in [1.54, 1.807) is 0 Å². The number of nitro benzene ring substituents is 1. The number of benzene rings is 1. The molecule has 0 bridgehead atoms. The van der Waals surface area contributed by atoms with Crippen LogP contribution in [0.25, 0.3) is 20.9 Å². The molecule has 0 radical (unpaired) electrons. The van der Waals surface area contributed by atoms with Crippen molar-refractivity contribution in [3.05, 3.63) is 59.2 Å². The van der Waals surface area contributed by atoms with Crippen molar-refractivity contribution in [3.63, 3.8) is 0 Å². The molecule has 0 spiro atoms. The van der Waals surface area contributed by atoms with Gasteiger partial charge in [-0.2, -0.15) is 0 Å². The van der Waals surface area contributed by atoms with E-state index in [-0.39, 0.29) is 44.2 Å². The van der Waals surface area contributed by atoms with Crippen molar-refractivity contribution in [1.29, 1.82) is 0 Å². The zero-order chi connectivity index (χ0) is 17.8. The number of hydrogen-bond acceptors (Lipinski definition) is 6. The molecule has 0 amide bonds. The topological polar surface area (TPSA) is 159 Å². The summed E-state index contributed by atoms with van der Waals surface area (Å²) in [6.45, 7) is 0.924. The Hall–Kier alpha value is -2.36. The molecule has 0 aliphatic rings. The summed E-state index contributed by atoms with van der Waals surface area (Å²) in [6, 6.07) is 3.55. The van der Waals surface area contributed by atoms with Gasteiger partial charge in [-0.25, -0.2) is 0 Å². The number of rotatable bonds is 11. The van der Waals surface area contributed by atoms with Crippen LogP contribution in [-0.2, 0) is 9.47 Å². The fourth-order valence-corrected chi connectivity index (χ4v) is 2.15. The monoisotopic (exact) mass is 399 g/mol. The zero-order valence-corrected chi connectivity index (χ0v) is 14.1. The van der Waals surface area contributed by atoms with Crippen molar-refractivity contribution in [3.8, 4) is 0 Å². The van der Waals surface area contributed by atoms with E-state index in [0.717, 1.165) is 0 Å². The Morgan fingerprint density at radius 1 is 1.25 bits per heavy atom. The predicted molar refractivity (Wildman–Crippen MR) is 88.3 cm³/mol. The fraction of sp³-hybridized carbons (Fsp3) is 0.500. The number of ether oxygens (including phenoxy) is 2. The van der Waals surface area contributed by atoms with E-state index in [1.807, 2.05) is 0 Å². The molecule has 0 fully saturated rings. The van der Waals surface area contributed by atoms with E-state index in [9.17, 15) is 10.1 Å². The van der Waals surface area contributed by atoms with Crippen molar-refractivity contribution in [2.75, 3.05) is 33.0 Å². The summed E-state index contributed by atoms with van der Waals surface area (Å²) < 4.78 is 11.1. The molecule has 1 atom stereocenters. The highest BCUT2D eigenvalue weighted by atomic mass is 79.9. The van der Waals surface area contributed by atoms with Crippen molar-refractivity contribution in [2.45, 2.75) is 6.04 Å². The van der Waals surface area contributed by atoms with Gasteiger partial charge in [-0.05, 0) is 23.2 Å². The van der Waals surface area contributed by atoms with Gasteiger partial charge in [0, 0.05) is 32.5 Å². The van der Waals surface area contributed by atoms with Gasteiger partial charge < -0.3 is 9.47 Å². The Bertz CT molecular complexity index is 659. The summed E-state index contributed by atoms with van der Waals surface area (Å²) in [6.07, 6.45) is 0. The van der Waals surface area contributed by atoms with Crippen LogP contribution in [-0.4, -0.2) is 37.9 Å². The molecule has 128 valence electrons. The van der Waals surface area contributed by atoms with Crippen LogP contribution in [0.15, 0.2) is 32.9 Å². The van der Waals surface area contributed by atoms with E-state index in [2.05, 4.69) is 36.0 Å². The lowest BCUT2D eigenvalue weighted by Crippen LogP contribution is -2.12. The number of hydrogen-bond donors (Lipinski definition) is 0. The Morgan fingerprint density at radius 2 is 2.00 bits per heavy atom. The highest BCUT2D eigenvalue weighted by Crippen LogP contribution is 2.31. The number of nitro groups is 1. The van der Waals surface area contributed by atoms with Crippen LogP contribution in [0.1, 0.15) is 11.6 Å². The quantitative estimate of drug-likeness (QED) is 0.137. The Kier molecular flexibility index (Phi) is 9.20. The maximum atomic E-state index is 11.1. The first-order chi connectivity index (χ1) is 11.6. The molecule has 11 nitrogen and oxygen atoms in total. The van der Waals surface area contributed by atoms with E-state index in [1.165, 1.54) is 18.2 Å². The summed E-state index contributed by atoms with van der Waals surface area (Å²) in [7, 11) is 0. The third kappa shape index (κ3) is 6.82. The molecule has 0 saturated heterocycles. The molecule has 0 saturated carbocycles. The number of azide groups is 2. The second-order valence-corrected chi connectivity index (χ2v) is 5.24. The molecular weight excluding hydrogens is 386 g/mol. The molecule has 0 heterocycles. The first-order valence-corrected chi connectivity index (χ1v) is 7.53. The molecule has 24 heavy (non-hydrogen) atoms. The van der Waals surface area contributed by atoms with Crippen LogP contribution in [0.3, 0.4) is 0 Å². The minimum Gasteiger partial charge on any atom is -0.379 e. The molecular formula is C12H14BrN7O4. The van der Waals surface area contributed by atoms with E-state index in [4.69, 9.17) is 20.5 Å². The Labute approximate surface area is 145 Å². The summed E-state index contributed by atoms with van der Waals surface area (Å²) in [5.41, 5.74) is 16.9. The average Bonchev–Trinajstić information content (AvgIpc) is 2.56. The standard InChI is InChI=1S/C12H14BrN7O4/c13-9-1-2-12(20(21)22)10(7-9)11(17-19-15)8-24-6-5-23-4-3-16-18-14/h1-2,7,11H,3-6,8H2. The van der Waals surface area contributed by atoms with Gasteiger partial charge in [0.1, 0.15) is 0 Å². The van der Waals surface area contributed by atoms with E-state index >= 15 is 0 Å². The minimum atomic E-state index is -0.837. The lowest BCUT2D eigenvalue weighted by molar-refractivity contribution is -0.385. The zero-order valence-electron chi connectivity index (χ0n) is 12.5. The van der Waals surface area contributed by atoms with Crippen LogP contribution in [0.5, 0.6) is 0 Å². The molecule has 12 heteroatoms. The summed E-state index contributed by atoms with van der Waals surface area (Å²) >= 11 is 3.24. The van der Waals surface area contributed by atoms with Crippen molar-refractivity contribution >= 4 is 21.6 Å². The Morgan fingerprint density at radius 3 is 2.67 bits per heavy atom. The summed E-state index contributed by atoms with van der Waals surface area (Å²) in [4.78, 5) is 15.9. The number of halogens is 1. The molecule has 1 unspecified atom stereocenters. The molecule has 1 aromatic rings. The molecule has 0 aromatic heterocycles. The Balaban J connectivity index is 2.62. The van der Waals surface area contributed by atoms with Gasteiger partial charge >= 0.3 is 0 Å². The number of nitrogens with zero attached hydrogens (tertiary/aromatic N) is 7.